The average molecular weight is 425 g/mol. The van der Waals surface area contributed by atoms with Gasteiger partial charge in [0.15, 0.2) is 11.0 Å². The highest BCUT2D eigenvalue weighted by Crippen LogP contribution is 2.25. The molecule has 1 amide bonds. The predicted octanol–water partition coefficient (Wildman–Crippen LogP) is 4.09. The van der Waals surface area contributed by atoms with Crippen molar-refractivity contribution in [1.82, 2.24) is 14.8 Å². The maximum absolute atomic E-state index is 12.4. The molecule has 0 fully saturated rings. The van der Waals surface area contributed by atoms with Gasteiger partial charge in [0.1, 0.15) is 0 Å². The fourth-order valence-corrected chi connectivity index (χ4v) is 3.54. The second-order valence-corrected chi connectivity index (χ2v) is 7.68. The van der Waals surface area contributed by atoms with Crippen LogP contribution in [0.15, 0.2) is 53.7 Å². The molecule has 3 rings (SSSR count). The van der Waals surface area contributed by atoms with E-state index in [1.165, 1.54) is 11.8 Å². The van der Waals surface area contributed by atoms with Crippen LogP contribution in [0.1, 0.15) is 29.3 Å². The van der Waals surface area contributed by atoms with E-state index in [4.69, 9.17) is 4.74 Å². The van der Waals surface area contributed by atoms with Crippen molar-refractivity contribution in [2.45, 2.75) is 25.4 Å². The molecule has 0 aliphatic carbocycles. The van der Waals surface area contributed by atoms with Crippen molar-refractivity contribution in [3.63, 3.8) is 0 Å². The normalized spacial score (nSPS) is 10.6. The van der Waals surface area contributed by atoms with Crippen LogP contribution in [0.3, 0.4) is 0 Å². The minimum absolute atomic E-state index is 0.171. The number of rotatable bonds is 8. The van der Waals surface area contributed by atoms with Crippen LogP contribution in [-0.4, -0.2) is 39.0 Å². The number of nitrogens with zero attached hydrogens (tertiary/aromatic N) is 3. The standard InChI is InChI=1S/C22H24N4O3S/c1-4-12-29-21(28)16-9-7-10-17(13-16)23-19(27)14-30-22-25-24-20(26(22)3)18-11-6-5-8-15(18)2/h5-11,13H,4,12,14H2,1-3H3,(H,23,27). The summed E-state index contributed by atoms with van der Waals surface area (Å²) in [5.74, 6) is 0.337. The zero-order valence-corrected chi connectivity index (χ0v) is 18.0. The molecule has 156 valence electrons. The smallest absolute Gasteiger partial charge is 0.338 e. The molecule has 0 saturated carbocycles. The molecule has 0 radical (unpaired) electrons. The molecule has 0 atom stereocenters. The van der Waals surface area contributed by atoms with Gasteiger partial charge in [-0.3, -0.25) is 4.79 Å². The molecule has 0 unspecified atom stereocenters. The number of carbonyl (C=O) groups excluding carboxylic acids is 2. The lowest BCUT2D eigenvalue weighted by molar-refractivity contribution is -0.113. The Bertz CT molecular complexity index is 1050. The number of benzene rings is 2. The second kappa shape index (κ2) is 10.1. The zero-order valence-electron chi connectivity index (χ0n) is 17.2. The van der Waals surface area contributed by atoms with E-state index in [1.54, 1.807) is 24.3 Å². The van der Waals surface area contributed by atoms with Gasteiger partial charge in [0, 0.05) is 18.3 Å². The lowest BCUT2D eigenvalue weighted by Crippen LogP contribution is -2.15. The van der Waals surface area contributed by atoms with Crippen LogP contribution in [0.2, 0.25) is 0 Å². The third kappa shape index (κ3) is 5.27. The maximum Gasteiger partial charge on any atom is 0.338 e. The summed E-state index contributed by atoms with van der Waals surface area (Å²) in [6.45, 7) is 4.33. The number of anilines is 1. The Hall–Kier alpha value is -3.13. The highest BCUT2D eigenvalue weighted by molar-refractivity contribution is 7.99. The second-order valence-electron chi connectivity index (χ2n) is 6.73. The number of carbonyl (C=O) groups is 2. The Morgan fingerprint density at radius 1 is 1.13 bits per heavy atom. The summed E-state index contributed by atoms with van der Waals surface area (Å²) in [6, 6.07) is 14.7. The first-order valence-corrected chi connectivity index (χ1v) is 10.6. The number of aromatic nitrogens is 3. The van der Waals surface area contributed by atoms with Crippen LogP contribution in [0.5, 0.6) is 0 Å². The molecule has 2 aromatic carbocycles. The van der Waals surface area contributed by atoms with Crippen LogP contribution in [0, 0.1) is 6.92 Å². The van der Waals surface area contributed by atoms with Gasteiger partial charge in [-0.2, -0.15) is 0 Å². The molecule has 0 spiro atoms. The van der Waals surface area contributed by atoms with Gasteiger partial charge < -0.3 is 14.6 Å². The van der Waals surface area contributed by atoms with E-state index in [1.807, 2.05) is 49.7 Å². The monoisotopic (exact) mass is 424 g/mol. The fraction of sp³-hybridized carbons (Fsp3) is 0.273. The van der Waals surface area contributed by atoms with E-state index < -0.39 is 5.97 Å². The number of nitrogens with one attached hydrogen (secondary N) is 1. The highest BCUT2D eigenvalue weighted by Gasteiger charge is 2.15. The number of esters is 1. The predicted molar refractivity (Wildman–Crippen MR) is 118 cm³/mol. The number of amides is 1. The summed E-state index contributed by atoms with van der Waals surface area (Å²) < 4.78 is 7.01. The van der Waals surface area contributed by atoms with Gasteiger partial charge in [-0.1, -0.05) is 49.0 Å². The molecule has 1 aromatic heterocycles. The number of ether oxygens (including phenoxy) is 1. The van der Waals surface area contributed by atoms with Gasteiger partial charge in [0.25, 0.3) is 0 Å². The van der Waals surface area contributed by atoms with Crippen molar-refractivity contribution in [2.24, 2.45) is 7.05 Å². The number of hydrogen-bond donors (Lipinski definition) is 1. The van der Waals surface area contributed by atoms with E-state index in [0.29, 0.717) is 23.0 Å². The van der Waals surface area contributed by atoms with Crippen molar-refractivity contribution >= 4 is 29.3 Å². The van der Waals surface area contributed by atoms with Gasteiger partial charge in [-0.05, 0) is 37.1 Å². The van der Waals surface area contributed by atoms with Crippen molar-refractivity contribution in [3.05, 3.63) is 59.7 Å². The van der Waals surface area contributed by atoms with E-state index in [9.17, 15) is 9.59 Å². The van der Waals surface area contributed by atoms with Crippen LogP contribution in [0.4, 0.5) is 5.69 Å². The Labute approximate surface area is 179 Å². The van der Waals surface area contributed by atoms with Crippen LogP contribution in [0.25, 0.3) is 11.4 Å². The first-order valence-electron chi connectivity index (χ1n) is 9.64. The summed E-state index contributed by atoms with van der Waals surface area (Å²) in [6.07, 6.45) is 0.757. The first kappa shape index (κ1) is 21.6. The molecule has 3 aromatic rings. The Morgan fingerprint density at radius 3 is 2.70 bits per heavy atom. The van der Waals surface area contributed by atoms with Crippen LogP contribution < -0.4 is 5.32 Å². The molecule has 0 aliphatic heterocycles. The zero-order chi connectivity index (χ0) is 21.5. The van der Waals surface area contributed by atoms with E-state index in [0.717, 1.165) is 23.4 Å². The molecular formula is C22H24N4O3S. The van der Waals surface area contributed by atoms with Crippen LogP contribution in [-0.2, 0) is 16.6 Å². The van der Waals surface area contributed by atoms with Gasteiger partial charge in [0.2, 0.25) is 5.91 Å². The highest BCUT2D eigenvalue weighted by atomic mass is 32.2. The molecule has 0 aliphatic rings. The lowest BCUT2D eigenvalue weighted by atomic mass is 10.1. The SMILES string of the molecule is CCCOC(=O)c1cccc(NC(=O)CSc2nnc(-c3ccccc3C)n2C)c1. The molecule has 8 heteroatoms. The quantitative estimate of drug-likeness (QED) is 0.433. The minimum Gasteiger partial charge on any atom is -0.462 e. The molecular weight excluding hydrogens is 400 g/mol. The van der Waals surface area contributed by atoms with E-state index >= 15 is 0 Å². The fourth-order valence-electron chi connectivity index (χ4n) is 2.83. The summed E-state index contributed by atoms with van der Waals surface area (Å²) >= 11 is 1.30. The maximum atomic E-state index is 12.4. The van der Waals surface area contributed by atoms with Gasteiger partial charge in [-0.15, -0.1) is 10.2 Å². The van der Waals surface area contributed by atoms with Crippen molar-refractivity contribution < 1.29 is 14.3 Å². The Morgan fingerprint density at radius 2 is 1.93 bits per heavy atom. The summed E-state index contributed by atoms with van der Waals surface area (Å²) in [7, 11) is 1.88. The summed E-state index contributed by atoms with van der Waals surface area (Å²) in [4.78, 5) is 24.4. The van der Waals surface area contributed by atoms with Crippen molar-refractivity contribution in [1.29, 1.82) is 0 Å². The molecule has 1 heterocycles. The van der Waals surface area contributed by atoms with Gasteiger partial charge >= 0.3 is 5.97 Å². The minimum atomic E-state index is -0.398. The van der Waals surface area contributed by atoms with Gasteiger partial charge in [0.05, 0.1) is 17.9 Å². The van der Waals surface area contributed by atoms with Gasteiger partial charge in [-0.25, -0.2) is 4.79 Å². The third-order valence-corrected chi connectivity index (χ3v) is 5.39. The third-order valence-electron chi connectivity index (χ3n) is 4.37. The van der Waals surface area contributed by atoms with Crippen molar-refractivity contribution in [2.75, 3.05) is 17.7 Å². The number of thioether (sulfide) groups is 1. The topological polar surface area (TPSA) is 86.1 Å². The molecule has 0 bridgehead atoms. The van der Waals surface area contributed by atoms with Crippen LogP contribution >= 0.6 is 11.8 Å². The van der Waals surface area contributed by atoms with E-state index in [2.05, 4.69) is 15.5 Å². The average Bonchev–Trinajstić information content (AvgIpc) is 3.11. The molecule has 30 heavy (non-hydrogen) atoms. The molecule has 1 N–H and O–H groups in total. The van der Waals surface area contributed by atoms with E-state index in [-0.39, 0.29) is 11.7 Å². The lowest BCUT2D eigenvalue weighted by Gasteiger charge is -2.08. The molecule has 7 nitrogen and oxygen atoms in total. The number of hydrogen-bond acceptors (Lipinski definition) is 6. The number of aryl methyl sites for hydroxylation is 1. The summed E-state index contributed by atoms with van der Waals surface area (Å²) in [5, 5.41) is 11.9. The summed E-state index contributed by atoms with van der Waals surface area (Å²) in [5.41, 5.74) is 3.07. The van der Waals surface area contributed by atoms with Crippen molar-refractivity contribution in [3.8, 4) is 11.4 Å². The Kier molecular flexibility index (Phi) is 7.24. The first-order chi connectivity index (χ1) is 14.5. The largest absolute Gasteiger partial charge is 0.462 e. The Balaban J connectivity index is 1.61. The molecule has 0 saturated heterocycles.